The van der Waals surface area contributed by atoms with Gasteiger partial charge < -0.3 is 10.1 Å². The standard InChI is InChI=1S/C18H22BrNO/c1-13-4-10-18(11-5-13)21-12-14(2)20-15(3)16-6-8-17(19)9-7-16/h4-11,14-15,20H,12H2,1-3H3. The number of rotatable bonds is 6. The summed E-state index contributed by atoms with van der Waals surface area (Å²) in [6, 6.07) is 17.2. The van der Waals surface area contributed by atoms with Crippen molar-refractivity contribution >= 4 is 15.9 Å². The minimum Gasteiger partial charge on any atom is -0.492 e. The van der Waals surface area contributed by atoms with Crippen LogP contribution in [-0.2, 0) is 0 Å². The van der Waals surface area contributed by atoms with Crippen molar-refractivity contribution in [3.05, 3.63) is 64.1 Å². The first kappa shape index (κ1) is 16.1. The van der Waals surface area contributed by atoms with E-state index in [1.807, 2.05) is 12.1 Å². The first-order valence-corrected chi connectivity index (χ1v) is 8.05. The molecule has 0 aliphatic carbocycles. The minimum absolute atomic E-state index is 0.282. The van der Waals surface area contributed by atoms with Crippen LogP contribution in [-0.4, -0.2) is 12.6 Å². The van der Waals surface area contributed by atoms with Crippen molar-refractivity contribution in [3.63, 3.8) is 0 Å². The molecule has 0 spiro atoms. The smallest absolute Gasteiger partial charge is 0.119 e. The molecule has 2 rings (SSSR count). The van der Waals surface area contributed by atoms with Crippen LogP contribution in [0.5, 0.6) is 5.75 Å². The van der Waals surface area contributed by atoms with Gasteiger partial charge in [-0.05, 0) is 50.6 Å². The van der Waals surface area contributed by atoms with Crippen LogP contribution < -0.4 is 10.1 Å². The molecule has 0 heterocycles. The Kier molecular flexibility index (Phi) is 5.83. The van der Waals surface area contributed by atoms with Crippen LogP contribution in [0.25, 0.3) is 0 Å². The molecule has 0 saturated heterocycles. The van der Waals surface area contributed by atoms with E-state index in [2.05, 4.69) is 78.4 Å². The van der Waals surface area contributed by atoms with Gasteiger partial charge in [0.25, 0.3) is 0 Å². The topological polar surface area (TPSA) is 21.3 Å². The Hall–Kier alpha value is -1.32. The van der Waals surface area contributed by atoms with E-state index in [0.717, 1.165) is 10.2 Å². The lowest BCUT2D eigenvalue weighted by Crippen LogP contribution is -2.33. The third kappa shape index (κ3) is 5.18. The number of benzene rings is 2. The summed E-state index contributed by atoms with van der Waals surface area (Å²) in [5.74, 6) is 0.922. The number of hydrogen-bond acceptors (Lipinski definition) is 2. The van der Waals surface area contributed by atoms with E-state index in [-0.39, 0.29) is 6.04 Å². The Morgan fingerprint density at radius 1 is 1.00 bits per heavy atom. The van der Waals surface area contributed by atoms with Crippen molar-refractivity contribution in [2.45, 2.75) is 32.9 Å². The van der Waals surface area contributed by atoms with E-state index in [1.54, 1.807) is 0 Å². The first-order valence-electron chi connectivity index (χ1n) is 7.25. The molecule has 0 aliphatic rings. The minimum atomic E-state index is 0.282. The van der Waals surface area contributed by atoms with Crippen LogP contribution in [0.15, 0.2) is 53.0 Å². The Bertz CT molecular complexity index is 550. The van der Waals surface area contributed by atoms with Gasteiger partial charge in [0.2, 0.25) is 0 Å². The molecule has 2 nitrogen and oxygen atoms in total. The van der Waals surface area contributed by atoms with Gasteiger partial charge >= 0.3 is 0 Å². The highest BCUT2D eigenvalue weighted by Gasteiger charge is 2.10. The molecule has 0 bridgehead atoms. The predicted octanol–water partition coefficient (Wildman–Crippen LogP) is 4.88. The van der Waals surface area contributed by atoms with Crippen LogP contribution in [0.4, 0.5) is 0 Å². The molecule has 3 heteroatoms. The first-order chi connectivity index (χ1) is 10.0. The van der Waals surface area contributed by atoms with Gasteiger partial charge in [0.1, 0.15) is 12.4 Å². The maximum Gasteiger partial charge on any atom is 0.119 e. The van der Waals surface area contributed by atoms with Crippen molar-refractivity contribution in [3.8, 4) is 5.75 Å². The largest absolute Gasteiger partial charge is 0.492 e. The molecule has 2 aromatic carbocycles. The fourth-order valence-electron chi connectivity index (χ4n) is 2.18. The molecular weight excluding hydrogens is 326 g/mol. The molecule has 0 fully saturated rings. The average molecular weight is 348 g/mol. The highest BCUT2D eigenvalue weighted by Crippen LogP contribution is 2.17. The summed E-state index contributed by atoms with van der Waals surface area (Å²) in [5, 5.41) is 3.56. The van der Waals surface area contributed by atoms with Crippen molar-refractivity contribution in [1.29, 1.82) is 0 Å². The van der Waals surface area contributed by atoms with E-state index in [1.165, 1.54) is 11.1 Å². The SMILES string of the molecule is Cc1ccc(OCC(C)NC(C)c2ccc(Br)cc2)cc1. The number of halogens is 1. The average Bonchev–Trinajstić information content (AvgIpc) is 2.47. The van der Waals surface area contributed by atoms with Gasteiger partial charge in [-0.3, -0.25) is 0 Å². The van der Waals surface area contributed by atoms with E-state index in [9.17, 15) is 0 Å². The maximum absolute atomic E-state index is 5.81. The van der Waals surface area contributed by atoms with Gasteiger partial charge in [0.05, 0.1) is 0 Å². The van der Waals surface area contributed by atoms with Gasteiger partial charge in [-0.15, -0.1) is 0 Å². The normalized spacial score (nSPS) is 13.7. The van der Waals surface area contributed by atoms with Crippen molar-refractivity contribution in [2.75, 3.05) is 6.61 Å². The molecule has 21 heavy (non-hydrogen) atoms. The summed E-state index contributed by atoms with van der Waals surface area (Å²) in [5.41, 5.74) is 2.53. The quantitative estimate of drug-likeness (QED) is 0.804. The van der Waals surface area contributed by atoms with Gasteiger partial charge in [0, 0.05) is 16.6 Å². The molecule has 0 radical (unpaired) electrons. The molecule has 112 valence electrons. The van der Waals surface area contributed by atoms with Gasteiger partial charge in [-0.1, -0.05) is 45.8 Å². The van der Waals surface area contributed by atoms with Crippen molar-refractivity contribution in [1.82, 2.24) is 5.32 Å². The van der Waals surface area contributed by atoms with Crippen LogP contribution in [0.3, 0.4) is 0 Å². The number of hydrogen-bond donors (Lipinski definition) is 1. The highest BCUT2D eigenvalue weighted by molar-refractivity contribution is 9.10. The fraction of sp³-hybridized carbons (Fsp3) is 0.333. The van der Waals surface area contributed by atoms with Crippen LogP contribution in [0.2, 0.25) is 0 Å². The zero-order valence-corrected chi connectivity index (χ0v) is 14.4. The maximum atomic E-state index is 5.81. The Balaban J connectivity index is 1.82. The Morgan fingerprint density at radius 2 is 1.62 bits per heavy atom. The summed E-state index contributed by atoms with van der Waals surface area (Å²) < 4.78 is 6.91. The summed E-state index contributed by atoms with van der Waals surface area (Å²) in [7, 11) is 0. The fourth-order valence-corrected chi connectivity index (χ4v) is 2.44. The number of nitrogens with one attached hydrogen (secondary N) is 1. The van der Waals surface area contributed by atoms with Gasteiger partial charge in [-0.25, -0.2) is 0 Å². The molecular formula is C18H22BrNO. The Morgan fingerprint density at radius 3 is 2.24 bits per heavy atom. The predicted molar refractivity (Wildman–Crippen MR) is 91.8 cm³/mol. The van der Waals surface area contributed by atoms with Gasteiger partial charge in [-0.2, -0.15) is 0 Å². The highest BCUT2D eigenvalue weighted by atomic mass is 79.9. The summed E-state index contributed by atoms with van der Waals surface area (Å²) in [4.78, 5) is 0. The van der Waals surface area contributed by atoms with Crippen molar-refractivity contribution in [2.24, 2.45) is 0 Å². The lowest BCUT2D eigenvalue weighted by atomic mass is 10.1. The zero-order valence-electron chi connectivity index (χ0n) is 12.8. The molecule has 2 unspecified atom stereocenters. The van der Waals surface area contributed by atoms with E-state index in [4.69, 9.17) is 4.74 Å². The molecule has 0 amide bonds. The van der Waals surface area contributed by atoms with Crippen molar-refractivity contribution < 1.29 is 4.74 Å². The van der Waals surface area contributed by atoms with Crippen LogP contribution >= 0.6 is 15.9 Å². The molecule has 2 atom stereocenters. The summed E-state index contributed by atoms with van der Waals surface area (Å²) in [6.45, 7) is 7.05. The third-order valence-corrected chi connectivity index (χ3v) is 3.95. The van der Waals surface area contributed by atoms with E-state index < -0.39 is 0 Å². The number of aryl methyl sites for hydroxylation is 1. The zero-order chi connectivity index (χ0) is 15.2. The van der Waals surface area contributed by atoms with E-state index in [0.29, 0.717) is 12.6 Å². The molecule has 1 N–H and O–H groups in total. The second-order valence-corrected chi connectivity index (χ2v) is 6.38. The third-order valence-electron chi connectivity index (χ3n) is 3.43. The molecule has 0 aliphatic heterocycles. The van der Waals surface area contributed by atoms with E-state index >= 15 is 0 Å². The van der Waals surface area contributed by atoms with Crippen LogP contribution in [0, 0.1) is 6.92 Å². The monoisotopic (exact) mass is 347 g/mol. The summed E-state index contributed by atoms with van der Waals surface area (Å²) in [6.07, 6.45) is 0. The second kappa shape index (κ2) is 7.62. The molecule has 0 aromatic heterocycles. The van der Waals surface area contributed by atoms with Gasteiger partial charge in [0.15, 0.2) is 0 Å². The number of ether oxygens (including phenoxy) is 1. The summed E-state index contributed by atoms with van der Waals surface area (Å²) >= 11 is 3.46. The lowest BCUT2D eigenvalue weighted by molar-refractivity contribution is 0.264. The second-order valence-electron chi connectivity index (χ2n) is 5.47. The molecule has 2 aromatic rings. The van der Waals surface area contributed by atoms with Crippen LogP contribution in [0.1, 0.15) is 31.0 Å². The Labute approximate surface area is 135 Å². The lowest BCUT2D eigenvalue weighted by Gasteiger charge is -2.21. The molecule has 0 saturated carbocycles.